The molecule has 280 valence electrons. The largest absolute Gasteiger partial charge is 0.444 e. The molecule has 0 unspecified atom stereocenters. The second kappa shape index (κ2) is 12.5. The van der Waals surface area contributed by atoms with Gasteiger partial charge >= 0.3 is 12.2 Å². The molecule has 5 aromatic rings. The van der Waals surface area contributed by atoms with Gasteiger partial charge < -0.3 is 19.4 Å². The zero-order valence-corrected chi connectivity index (χ0v) is 32.1. The number of amides is 2. The molecular formula is C44H50N6O4. The van der Waals surface area contributed by atoms with E-state index in [4.69, 9.17) is 19.4 Å². The number of nitrogens with one attached hydrogen (secondary N) is 2. The summed E-state index contributed by atoms with van der Waals surface area (Å²) in [7, 11) is 0. The first kappa shape index (κ1) is 34.6. The molecule has 10 heteroatoms. The van der Waals surface area contributed by atoms with Crippen molar-refractivity contribution >= 4 is 23.2 Å². The third kappa shape index (κ3) is 6.54. The quantitative estimate of drug-likeness (QED) is 0.186. The normalized spacial score (nSPS) is 23.1. The van der Waals surface area contributed by atoms with Crippen LogP contribution in [0.2, 0.25) is 0 Å². The lowest BCUT2D eigenvalue weighted by atomic mass is 9.98. The van der Waals surface area contributed by atoms with E-state index >= 15 is 0 Å². The topological polar surface area (TPSA) is 116 Å². The van der Waals surface area contributed by atoms with Crippen LogP contribution in [0.1, 0.15) is 104 Å². The first-order valence-electron chi connectivity index (χ1n) is 19.5. The Morgan fingerprint density at radius 1 is 0.759 bits per heavy atom. The van der Waals surface area contributed by atoms with E-state index in [1.807, 2.05) is 57.5 Å². The van der Waals surface area contributed by atoms with E-state index in [1.54, 1.807) is 0 Å². The first-order valence-corrected chi connectivity index (χ1v) is 19.5. The minimum Gasteiger partial charge on any atom is -0.444 e. The summed E-state index contributed by atoms with van der Waals surface area (Å²) in [5, 5.41) is 0. The van der Waals surface area contributed by atoms with Crippen molar-refractivity contribution in [3.05, 3.63) is 84.6 Å². The van der Waals surface area contributed by atoms with Gasteiger partial charge in [0.05, 0.1) is 35.0 Å². The molecule has 2 saturated heterocycles. The number of likely N-dealkylation sites (tertiary alicyclic amines) is 2. The molecule has 54 heavy (non-hydrogen) atoms. The molecule has 0 radical (unpaired) electrons. The average molecular weight is 727 g/mol. The van der Waals surface area contributed by atoms with Gasteiger partial charge in [-0.15, -0.1) is 0 Å². The molecular weight excluding hydrogens is 677 g/mol. The molecule has 1 spiro atoms. The van der Waals surface area contributed by atoms with Crippen molar-refractivity contribution in [1.82, 2.24) is 29.7 Å². The number of hydrogen-bond donors (Lipinski definition) is 2. The second-order valence-corrected chi connectivity index (χ2v) is 18.1. The molecule has 2 saturated carbocycles. The lowest BCUT2D eigenvalue weighted by molar-refractivity contribution is 0.00616. The smallest absolute Gasteiger partial charge is 0.411 e. The fraction of sp³-hybridized carbons (Fsp3) is 0.455. The Bertz CT molecular complexity index is 2220. The SMILES string of the molecule is CC(C)(C)OC(=O)N1CC2(CC2)C[C@H]1c1ncc(-c2ccc(-c3ccc(-c4ccc5nc([C@@H]6[C@@H]7CC[C@H](C7)N6C(=O)OC(C)(C)C)[nH]c5c4)cc3)cc2)[nH]1. The molecule has 2 N–H and O–H groups in total. The third-order valence-electron chi connectivity index (χ3n) is 11.7. The Kier molecular flexibility index (Phi) is 7.99. The van der Waals surface area contributed by atoms with Gasteiger partial charge in [-0.25, -0.2) is 19.6 Å². The van der Waals surface area contributed by atoms with Crippen molar-refractivity contribution in [3.63, 3.8) is 0 Å². The molecule has 10 nitrogen and oxygen atoms in total. The Morgan fingerprint density at radius 3 is 2.02 bits per heavy atom. The Balaban J connectivity index is 0.893. The van der Waals surface area contributed by atoms with Gasteiger partial charge in [0, 0.05) is 12.6 Å². The number of hydrogen-bond acceptors (Lipinski definition) is 6. The summed E-state index contributed by atoms with van der Waals surface area (Å²) in [4.78, 5) is 47.1. The Hall–Kier alpha value is -5.12. The van der Waals surface area contributed by atoms with Crippen LogP contribution < -0.4 is 0 Å². The molecule has 2 aromatic heterocycles. The summed E-state index contributed by atoms with van der Waals surface area (Å²) in [5.41, 5.74) is 7.46. The minimum absolute atomic E-state index is 0.0906. The predicted molar refractivity (Wildman–Crippen MR) is 208 cm³/mol. The van der Waals surface area contributed by atoms with Crippen LogP contribution in [0.5, 0.6) is 0 Å². The molecule has 2 aliphatic carbocycles. The lowest BCUT2D eigenvalue weighted by Crippen LogP contribution is -2.43. The number of nitrogens with zero attached hydrogens (tertiary/aromatic N) is 4. The summed E-state index contributed by atoms with van der Waals surface area (Å²) in [6.45, 7) is 12.2. The van der Waals surface area contributed by atoms with Crippen molar-refractivity contribution in [1.29, 1.82) is 0 Å². The molecule has 9 rings (SSSR count). The van der Waals surface area contributed by atoms with Crippen molar-refractivity contribution < 1.29 is 19.1 Å². The van der Waals surface area contributed by atoms with Gasteiger partial charge in [-0.2, -0.15) is 0 Å². The summed E-state index contributed by atoms with van der Waals surface area (Å²) in [6, 6.07) is 23.5. The van der Waals surface area contributed by atoms with Gasteiger partial charge in [0.25, 0.3) is 0 Å². The number of fused-ring (bicyclic) bond motifs is 3. The number of piperidine rings is 1. The molecule has 4 aliphatic rings. The maximum Gasteiger partial charge on any atom is 0.411 e. The average Bonchev–Trinajstić information content (AvgIpc) is 3.71. The van der Waals surface area contributed by atoms with Gasteiger partial charge in [-0.05, 0) is 131 Å². The van der Waals surface area contributed by atoms with Crippen LogP contribution >= 0.6 is 0 Å². The van der Waals surface area contributed by atoms with Crippen LogP contribution in [0.25, 0.3) is 44.5 Å². The Labute approximate surface area is 316 Å². The van der Waals surface area contributed by atoms with Crippen LogP contribution in [0.3, 0.4) is 0 Å². The second-order valence-electron chi connectivity index (χ2n) is 18.1. The fourth-order valence-electron chi connectivity index (χ4n) is 8.97. The van der Waals surface area contributed by atoms with Crippen molar-refractivity contribution in [2.45, 2.75) is 109 Å². The summed E-state index contributed by atoms with van der Waals surface area (Å²) in [5.74, 6) is 2.06. The van der Waals surface area contributed by atoms with Gasteiger partial charge in [-0.1, -0.05) is 54.6 Å². The number of rotatable bonds is 5. The van der Waals surface area contributed by atoms with E-state index in [9.17, 15) is 9.59 Å². The molecule has 2 bridgehead atoms. The van der Waals surface area contributed by atoms with Crippen molar-refractivity contribution in [2.24, 2.45) is 11.3 Å². The van der Waals surface area contributed by atoms with E-state index in [1.165, 1.54) is 0 Å². The zero-order valence-electron chi connectivity index (χ0n) is 32.1. The third-order valence-corrected chi connectivity index (χ3v) is 11.7. The highest BCUT2D eigenvalue weighted by atomic mass is 16.6. The van der Waals surface area contributed by atoms with Gasteiger partial charge in [0.15, 0.2) is 0 Å². The van der Waals surface area contributed by atoms with E-state index in [0.29, 0.717) is 5.92 Å². The van der Waals surface area contributed by atoms with Crippen LogP contribution in [0.15, 0.2) is 72.9 Å². The van der Waals surface area contributed by atoms with E-state index in [-0.39, 0.29) is 35.7 Å². The summed E-state index contributed by atoms with van der Waals surface area (Å²) < 4.78 is 11.6. The standard InChI is InChI=1S/C44H50N6O4/c1-42(2,3)53-40(51)49-25-44(19-20-44)23-36(49)38-45-24-35(48-38)29-13-11-27(12-14-29)26-7-9-28(10-8-26)30-16-18-33-34(22-30)47-39(46-33)37-31-15-17-32(21-31)50(37)41(52)54-43(4,5)6/h7-14,16,18,22,24,31-32,36-37H,15,17,19-21,23,25H2,1-6H3,(H,45,48)(H,46,47)/t31-,32-,36+,37+/m1/s1. The van der Waals surface area contributed by atoms with Gasteiger partial charge in [0.1, 0.15) is 22.9 Å². The highest BCUT2D eigenvalue weighted by molar-refractivity contribution is 5.83. The van der Waals surface area contributed by atoms with E-state index in [0.717, 1.165) is 101 Å². The van der Waals surface area contributed by atoms with Crippen molar-refractivity contribution in [2.75, 3.05) is 6.54 Å². The van der Waals surface area contributed by atoms with Crippen molar-refractivity contribution in [3.8, 4) is 33.5 Å². The van der Waals surface area contributed by atoms with Gasteiger partial charge in [0.2, 0.25) is 0 Å². The minimum atomic E-state index is -0.542. The number of benzene rings is 3. The summed E-state index contributed by atoms with van der Waals surface area (Å²) >= 11 is 0. The highest BCUT2D eigenvalue weighted by Gasteiger charge is 2.55. The number of carbonyl (C=O) groups is 2. The molecule has 4 fully saturated rings. The monoisotopic (exact) mass is 726 g/mol. The molecule has 4 atom stereocenters. The van der Waals surface area contributed by atoms with E-state index < -0.39 is 11.2 Å². The summed E-state index contributed by atoms with van der Waals surface area (Å²) in [6.07, 6.45) is 7.71. The van der Waals surface area contributed by atoms with Crippen LogP contribution in [0.4, 0.5) is 9.59 Å². The highest BCUT2D eigenvalue weighted by Crippen LogP contribution is 2.58. The number of imidazole rings is 2. The molecule has 2 amide bonds. The zero-order chi connectivity index (χ0) is 37.6. The van der Waals surface area contributed by atoms with Crippen LogP contribution in [-0.2, 0) is 9.47 Å². The maximum atomic E-state index is 13.3. The predicted octanol–water partition coefficient (Wildman–Crippen LogP) is 10.2. The molecule has 3 aromatic carbocycles. The molecule has 2 aliphatic heterocycles. The number of aromatic amines is 2. The number of ether oxygens (including phenoxy) is 2. The maximum absolute atomic E-state index is 13.3. The number of H-pyrrole nitrogens is 2. The number of aromatic nitrogens is 4. The number of carbonyl (C=O) groups excluding carboxylic acids is 2. The Morgan fingerprint density at radius 2 is 1.37 bits per heavy atom. The van der Waals surface area contributed by atoms with Crippen LogP contribution in [0, 0.1) is 11.3 Å². The molecule has 4 heterocycles. The lowest BCUT2D eigenvalue weighted by Gasteiger charge is -2.35. The van der Waals surface area contributed by atoms with Crippen LogP contribution in [-0.4, -0.2) is 65.7 Å². The van der Waals surface area contributed by atoms with Gasteiger partial charge in [-0.3, -0.25) is 9.80 Å². The first-order chi connectivity index (χ1) is 25.7. The van der Waals surface area contributed by atoms with E-state index in [2.05, 4.69) is 76.7 Å². The fourth-order valence-corrected chi connectivity index (χ4v) is 8.97.